The number of carbonyl (C=O) groups excluding carboxylic acids is 2. The highest BCUT2D eigenvalue weighted by molar-refractivity contribution is 5.95. The van der Waals surface area contributed by atoms with Crippen LogP contribution in [-0.2, 0) is 4.79 Å². The fourth-order valence-electron chi connectivity index (χ4n) is 3.62. The van der Waals surface area contributed by atoms with E-state index in [-0.39, 0.29) is 17.9 Å². The van der Waals surface area contributed by atoms with Gasteiger partial charge in [-0.1, -0.05) is 42.5 Å². The molecule has 1 aliphatic carbocycles. The molecule has 0 unspecified atom stereocenters. The molecule has 0 saturated carbocycles. The van der Waals surface area contributed by atoms with E-state index in [1.54, 1.807) is 68.5 Å². The molecule has 0 aromatic heterocycles. The van der Waals surface area contributed by atoms with Gasteiger partial charge < -0.3 is 15.7 Å². The number of carboxylic acids is 1. The zero-order valence-electron chi connectivity index (χ0n) is 17.1. The highest BCUT2D eigenvalue weighted by atomic mass is 16.4. The van der Waals surface area contributed by atoms with Gasteiger partial charge in [-0.15, -0.1) is 0 Å². The van der Waals surface area contributed by atoms with Crippen molar-refractivity contribution in [3.05, 3.63) is 83.4 Å². The first-order chi connectivity index (χ1) is 14.3. The molecule has 0 saturated heterocycles. The van der Waals surface area contributed by atoms with E-state index in [0.29, 0.717) is 29.5 Å². The van der Waals surface area contributed by atoms with E-state index in [0.717, 1.165) is 0 Å². The minimum absolute atomic E-state index is 0.212. The van der Waals surface area contributed by atoms with Crippen LogP contribution in [0.2, 0.25) is 0 Å². The molecule has 0 spiro atoms. The first-order valence-corrected chi connectivity index (χ1v) is 9.96. The van der Waals surface area contributed by atoms with E-state index in [4.69, 9.17) is 0 Å². The molecule has 0 fully saturated rings. The molecule has 0 aliphatic heterocycles. The molecule has 3 N–H and O–H groups in total. The SMILES string of the molecule is CC(C)(C(=O)O)C1=C[C@@H](NC(=O)c2ccccc2)CC[C@H]1NC(=O)c1ccccc1. The highest BCUT2D eigenvalue weighted by Gasteiger charge is 2.39. The summed E-state index contributed by atoms with van der Waals surface area (Å²) in [6.45, 7) is 3.23. The number of aliphatic carboxylic acids is 1. The van der Waals surface area contributed by atoms with Crippen LogP contribution in [-0.4, -0.2) is 35.0 Å². The molecule has 3 rings (SSSR count). The Balaban J connectivity index is 1.82. The van der Waals surface area contributed by atoms with Gasteiger partial charge in [0.25, 0.3) is 11.8 Å². The number of hydrogen-bond acceptors (Lipinski definition) is 3. The largest absolute Gasteiger partial charge is 0.481 e. The molecule has 2 atom stereocenters. The molecule has 0 heterocycles. The van der Waals surface area contributed by atoms with E-state index >= 15 is 0 Å². The van der Waals surface area contributed by atoms with Crippen molar-refractivity contribution < 1.29 is 19.5 Å². The van der Waals surface area contributed by atoms with E-state index in [1.807, 2.05) is 12.1 Å². The van der Waals surface area contributed by atoms with Gasteiger partial charge in [-0.25, -0.2) is 0 Å². The Labute approximate surface area is 176 Å². The van der Waals surface area contributed by atoms with Gasteiger partial charge in [0.15, 0.2) is 0 Å². The van der Waals surface area contributed by atoms with Gasteiger partial charge in [0.1, 0.15) is 0 Å². The lowest BCUT2D eigenvalue weighted by atomic mass is 9.74. The predicted molar refractivity (Wildman–Crippen MR) is 114 cm³/mol. The van der Waals surface area contributed by atoms with Gasteiger partial charge in [0.05, 0.1) is 11.5 Å². The second-order valence-corrected chi connectivity index (χ2v) is 7.97. The molecular weight excluding hydrogens is 380 g/mol. The van der Waals surface area contributed by atoms with Gasteiger partial charge in [-0.3, -0.25) is 14.4 Å². The smallest absolute Gasteiger partial charge is 0.313 e. The van der Waals surface area contributed by atoms with Crippen LogP contribution >= 0.6 is 0 Å². The third-order valence-corrected chi connectivity index (χ3v) is 5.47. The van der Waals surface area contributed by atoms with E-state index in [2.05, 4.69) is 10.6 Å². The molecule has 0 radical (unpaired) electrons. The van der Waals surface area contributed by atoms with Crippen LogP contribution in [0.5, 0.6) is 0 Å². The maximum Gasteiger partial charge on any atom is 0.313 e. The minimum Gasteiger partial charge on any atom is -0.481 e. The fraction of sp³-hybridized carbons (Fsp3) is 0.292. The van der Waals surface area contributed by atoms with Crippen molar-refractivity contribution in [2.24, 2.45) is 5.41 Å². The van der Waals surface area contributed by atoms with Crippen molar-refractivity contribution in [3.63, 3.8) is 0 Å². The van der Waals surface area contributed by atoms with E-state index in [1.165, 1.54) is 0 Å². The molecule has 156 valence electrons. The number of amides is 2. The molecule has 1 aliphatic rings. The quantitative estimate of drug-likeness (QED) is 0.641. The summed E-state index contributed by atoms with van der Waals surface area (Å²) in [4.78, 5) is 37.1. The number of carboxylic acid groups (broad SMARTS) is 1. The molecule has 2 amide bonds. The summed E-state index contributed by atoms with van der Waals surface area (Å²) in [6, 6.07) is 17.0. The van der Waals surface area contributed by atoms with Gasteiger partial charge in [0, 0.05) is 17.2 Å². The Morgan fingerprint density at radius 1 is 0.833 bits per heavy atom. The number of hydrogen-bond donors (Lipinski definition) is 3. The predicted octanol–water partition coefficient (Wildman–Crippen LogP) is 3.41. The molecule has 6 heteroatoms. The zero-order chi connectivity index (χ0) is 21.7. The van der Waals surface area contributed by atoms with Crippen LogP contribution in [0.3, 0.4) is 0 Å². The third-order valence-electron chi connectivity index (χ3n) is 5.47. The summed E-state index contributed by atoms with van der Waals surface area (Å²) in [5.41, 5.74) is 0.461. The lowest BCUT2D eigenvalue weighted by Crippen LogP contribution is -2.47. The standard InChI is InChI=1S/C24H26N2O4/c1-24(2,23(29)30)19-15-18(25-21(27)16-9-5-3-6-10-16)13-14-20(19)26-22(28)17-11-7-4-8-12-17/h3-12,15,18,20H,13-14H2,1-2H3,(H,25,27)(H,26,28)(H,29,30)/t18-,20+/m0/s1. The molecule has 6 nitrogen and oxygen atoms in total. The van der Waals surface area contributed by atoms with Gasteiger partial charge in [-0.05, 0) is 56.5 Å². The van der Waals surface area contributed by atoms with Crippen LogP contribution < -0.4 is 10.6 Å². The van der Waals surface area contributed by atoms with Crippen molar-refractivity contribution in [2.75, 3.05) is 0 Å². The van der Waals surface area contributed by atoms with Gasteiger partial charge >= 0.3 is 5.97 Å². The van der Waals surface area contributed by atoms with Gasteiger partial charge in [-0.2, -0.15) is 0 Å². The van der Waals surface area contributed by atoms with Crippen LogP contribution in [0.15, 0.2) is 72.3 Å². The summed E-state index contributed by atoms with van der Waals surface area (Å²) < 4.78 is 0. The topological polar surface area (TPSA) is 95.5 Å². The average Bonchev–Trinajstić information content (AvgIpc) is 2.75. The van der Waals surface area contributed by atoms with Crippen LogP contribution in [0.25, 0.3) is 0 Å². The second-order valence-electron chi connectivity index (χ2n) is 7.97. The molecular formula is C24H26N2O4. The zero-order valence-corrected chi connectivity index (χ0v) is 17.1. The van der Waals surface area contributed by atoms with Crippen molar-refractivity contribution in [1.82, 2.24) is 10.6 Å². The van der Waals surface area contributed by atoms with Gasteiger partial charge in [0.2, 0.25) is 0 Å². The average molecular weight is 406 g/mol. The Hall–Kier alpha value is -3.41. The van der Waals surface area contributed by atoms with Crippen molar-refractivity contribution >= 4 is 17.8 Å². The maximum atomic E-state index is 12.6. The van der Waals surface area contributed by atoms with Crippen LogP contribution in [0.4, 0.5) is 0 Å². The number of carbonyl (C=O) groups is 3. The Morgan fingerprint density at radius 2 is 1.33 bits per heavy atom. The highest BCUT2D eigenvalue weighted by Crippen LogP contribution is 2.35. The summed E-state index contributed by atoms with van der Waals surface area (Å²) in [6.07, 6.45) is 2.91. The molecule has 2 aromatic rings. The summed E-state index contributed by atoms with van der Waals surface area (Å²) in [5.74, 6) is -1.45. The molecule has 0 bridgehead atoms. The van der Waals surface area contributed by atoms with Crippen molar-refractivity contribution in [3.8, 4) is 0 Å². The number of nitrogens with one attached hydrogen (secondary N) is 2. The Bertz CT molecular complexity index is 952. The summed E-state index contributed by atoms with van der Waals surface area (Å²) in [7, 11) is 0. The van der Waals surface area contributed by atoms with Crippen molar-refractivity contribution in [1.29, 1.82) is 0 Å². The Kier molecular flexibility index (Phi) is 6.35. The normalized spacial score (nSPS) is 18.8. The maximum absolute atomic E-state index is 12.6. The Morgan fingerprint density at radius 3 is 1.83 bits per heavy atom. The summed E-state index contributed by atoms with van der Waals surface area (Å²) >= 11 is 0. The number of benzene rings is 2. The molecule has 2 aromatic carbocycles. The third kappa shape index (κ3) is 4.76. The van der Waals surface area contributed by atoms with E-state index < -0.39 is 17.4 Å². The lowest BCUT2D eigenvalue weighted by Gasteiger charge is -2.36. The number of rotatable bonds is 6. The van der Waals surface area contributed by atoms with Crippen LogP contribution in [0.1, 0.15) is 47.4 Å². The van der Waals surface area contributed by atoms with Crippen molar-refractivity contribution in [2.45, 2.75) is 38.8 Å². The monoisotopic (exact) mass is 406 g/mol. The van der Waals surface area contributed by atoms with Crippen LogP contribution in [0, 0.1) is 5.41 Å². The second kappa shape index (κ2) is 8.95. The van der Waals surface area contributed by atoms with E-state index in [9.17, 15) is 19.5 Å². The minimum atomic E-state index is -1.19. The first kappa shape index (κ1) is 21.3. The molecule has 30 heavy (non-hydrogen) atoms. The lowest BCUT2D eigenvalue weighted by molar-refractivity contribution is -0.145. The first-order valence-electron chi connectivity index (χ1n) is 9.96. The fourth-order valence-corrected chi connectivity index (χ4v) is 3.62. The summed E-state index contributed by atoms with van der Waals surface area (Å²) in [5, 5.41) is 15.7.